The van der Waals surface area contributed by atoms with E-state index in [0.29, 0.717) is 6.54 Å². The summed E-state index contributed by atoms with van der Waals surface area (Å²) in [4.78, 5) is 13.5. The van der Waals surface area contributed by atoms with Crippen molar-refractivity contribution in [1.82, 2.24) is 10.2 Å². The molecular formula is C14H19FN2O. The van der Waals surface area contributed by atoms with E-state index in [0.717, 1.165) is 18.5 Å². The Labute approximate surface area is 107 Å². The van der Waals surface area contributed by atoms with Gasteiger partial charge in [0.15, 0.2) is 0 Å². The van der Waals surface area contributed by atoms with Crippen LogP contribution in [0.15, 0.2) is 30.3 Å². The highest BCUT2D eigenvalue weighted by molar-refractivity contribution is 5.91. The maximum atomic E-state index is 12.6. The summed E-state index contributed by atoms with van der Waals surface area (Å²) in [7, 11) is 3.99. The second-order valence-electron chi connectivity index (χ2n) is 4.33. The molecule has 0 unspecified atom stereocenters. The zero-order valence-electron chi connectivity index (χ0n) is 10.8. The van der Waals surface area contributed by atoms with Gasteiger partial charge in [-0.2, -0.15) is 0 Å². The monoisotopic (exact) mass is 250 g/mol. The largest absolute Gasteiger partial charge is 0.353 e. The van der Waals surface area contributed by atoms with Gasteiger partial charge in [0.2, 0.25) is 5.91 Å². The molecule has 0 aliphatic rings. The summed E-state index contributed by atoms with van der Waals surface area (Å²) < 4.78 is 12.6. The first-order chi connectivity index (χ1) is 8.58. The molecule has 1 N–H and O–H groups in total. The highest BCUT2D eigenvalue weighted by Crippen LogP contribution is 2.04. The van der Waals surface area contributed by atoms with E-state index in [-0.39, 0.29) is 11.7 Å². The van der Waals surface area contributed by atoms with Gasteiger partial charge in [-0.25, -0.2) is 4.39 Å². The number of halogens is 1. The number of carbonyl (C=O) groups excluding carboxylic acids is 1. The third-order valence-corrected chi connectivity index (χ3v) is 2.38. The highest BCUT2D eigenvalue weighted by atomic mass is 19.1. The lowest BCUT2D eigenvalue weighted by molar-refractivity contribution is -0.116. The van der Waals surface area contributed by atoms with Crippen LogP contribution in [0.5, 0.6) is 0 Å². The van der Waals surface area contributed by atoms with Gasteiger partial charge in [0.25, 0.3) is 0 Å². The minimum absolute atomic E-state index is 0.127. The number of nitrogens with one attached hydrogen (secondary N) is 1. The van der Waals surface area contributed by atoms with Crippen LogP contribution in [-0.2, 0) is 4.79 Å². The maximum absolute atomic E-state index is 12.6. The third-order valence-electron chi connectivity index (χ3n) is 2.38. The van der Waals surface area contributed by atoms with Crippen molar-refractivity contribution in [3.63, 3.8) is 0 Å². The lowest BCUT2D eigenvalue weighted by atomic mass is 10.2. The van der Waals surface area contributed by atoms with Crippen LogP contribution >= 0.6 is 0 Å². The van der Waals surface area contributed by atoms with Crippen LogP contribution in [0.1, 0.15) is 12.0 Å². The zero-order valence-corrected chi connectivity index (χ0v) is 10.8. The molecule has 3 nitrogen and oxygen atoms in total. The molecule has 0 atom stereocenters. The first-order valence-electron chi connectivity index (χ1n) is 5.94. The number of carbonyl (C=O) groups is 1. The molecular weight excluding hydrogens is 231 g/mol. The molecule has 0 spiro atoms. The normalized spacial score (nSPS) is 11.1. The second kappa shape index (κ2) is 7.61. The maximum Gasteiger partial charge on any atom is 0.243 e. The summed E-state index contributed by atoms with van der Waals surface area (Å²) in [6.07, 6.45) is 4.05. The Morgan fingerprint density at radius 3 is 2.61 bits per heavy atom. The minimum Gasteiger partial charge on any atom is -0.353 e. The number of hydrogen-bond acceptors (Lipinski definition) is 2. The molecule has 1 rings (SSSR count). The molecule has 0 saturated heterocycles. The summed E-state index contributed by atoms with van der Waals surface area (Å²) in [6, 6.07) is 6.00. The van der Waals surface area contributed by atoms with E-state index in [9.17, 15) is 9.18 Å². The van der Waals surface area contributed by atoms with Crippen molar-refractivity contribution >= 4 is 12.0 Å². The van der Waals surface area contributed by atoms with Crippen LogP contribution in [0.2, 0.25) is 0 Å². The molecule has 0 aliphatic heterocycles. The average Bonchev–Trinajstić information content (AvgIpc) is 2.34. The Balaban J connectivity index is 2.29. The summed E-state index contributed by atoms with van der Waals surface area (Å²) >= 11 is 0. The molecule has 0 aromatic heterocycles. The Morgan fingerprint density at radius 2 is 2.00 bits per heavy atom. The predicted molar refractivity (Wildman–Crippen MR) is 71.6 cm³/mol. The van der Waals surface area contributed by atoms with Crippen molar-refractivity contribution in [2.75, 3.05) is 27.2 Å². The molecule has 98 valence electrons. The van der Waals surface area contributed by atoms with E-state index in [1.54, 1.807) is 18.2 Å². The lowest BCUT2D eigenvalue weighted by Crippen LogP contribution is -2.25. The number of hydrogen-bond donors (Lipinski definition) is 1. The Hall–Kier alpha value is -1.68. The minimum atomic E-state index is -0.278. The standard InChI is InChI=1S/C14H19FN2O/c1-17(2)11-3-10-16-14(18)9-6-12-4-7-13(15)8-5-12/h4-9H,3,10-11H2,1-2H3,(H,16,18)/b9-6+. The molecule has 1 amide bonds. The van der Waals surface area contributed by atoms with E-state index in [1.807, 2.05) is 14.1 Å². The van der Waals surface area contributed by atoms with Gasteiger partial charge in [-0.15, -0.1) is 0 Å². The van der Waals surface area contributed by atoms with Crippen molar-refractivity contribution in [2.45, 2.75) is 6.42 Å². The van der Waals surface area contributed by atoms with Crippen molar-refractivity contribution in [1.29, 1.82) is 0 Å². The smallest absolute Gasteiger partial charge is 0.243 e. The summed E-state index contributed by atoms with van der Waals surface area (Å²) in [5.41, 5.74) is 0.805. The predicted octanol–water partition coefficient (Wildman–Crippen LogP) is 1.91. The molecule has 0 heterocycles. The first-order valence-corrected chi connectivity index (χ1v) is 5.94. The van der Waals surface area contributed by atoms with Gasteiger partial charge in [-0.3, -0.25) is 4.79 Å². The summed E-state index contributed by atoms with van der Waals surface area (Å²) in [5.74, 6) is -0.404. The number of rotatable bonds is 6. The summed E-state index contributed by atoms with van der Waals surface area (Å²) in [5, 5.41) is 2.79. The topological polar surface area (TPSA) is 32.3 Å². The van der Waals surface area contributed by atoms with Crippen LogP contribution in [0.4, 0.5) is 4.39 Å². The van der Waals surface area contributed by atoms with Gasteiger partial charge in [0.1, 0.15) is 5.82 Å². The van der Waals surface area contributed by atoms with E-state index < -0.39 is 0 Å². The molecule has 0 saturated carbocycles. The fourth-order valence-electron chi connectivity index (χ4n) is 1.41. The molecule has 1 aromatic rings. The van der Waals surface area contributed by atoms with Crippen molar-refractivity contribution < 1.29 is 9.18 Å². The molecule has 0 fully saturated rings. The Morgan fingerprint density at radius 1 is 1.33 bits per heavy atom. The third kappa shape index (κ3) is 6.15. The fraction of sp³-hybridized carbons (Fsp3) is 0.357. The number of nitrogens with zero attached hydrogens (tertiary/aromatic N) is 1. The van der Waals surface area contributed by atoms with Crippen LogP contribution in [0, 0.1) is 5.82 Å². The van der Waals surface area contributed by atoms with Gasteiger partial charge in [0.05, 0.1) is 0 Å². The molecule has 0 bridgehead atoms. The van der Waals surface area contributed by atoms with Crippen LogP contribution in [0.3, 0.4) is 0 Å². The van der Waals surface area contributed by atoms with E-state index in [2.05, 4.69) is 10.2 Å². The first kappa shape index (κ1) is 14.4. The second-order valence-corrected chi connectivity index (χ2v) is 4.33. The summed E-state index contributed by atoms with van der Waals surface area (Å²) in [6.45, 7) is 1.60. The van der Waals surface area contributed by atoms with Crippen molar-refractivity contribution in [3.05, 3.63) is 41.7 Å². The molecule has 18 heavy (non-hydrogen) atoms. The number of benzene rings is 1. The molecule has 1 aromatic carbocycles. The SMILES string of the molecule is CN(C)CCCNC(=O)/C=C/c1ccc(F)cc1. The Bertz CT molecular complexity index is 399. The van der Waals surface area contributed by atoms with Crippen LogP contribution in [0.25, 0.3) is 6.08 Å². The van der Waals surface area contributed by atoms with Gasteiger partial charge in [-0.05, 0) is 50.8 Å². The van der Waals surface area contributed by atoms with E-state index in [4.69, 9.17) is 0 Å². The lowest BCUT2D eigenvalue weighted by Gasteiger charge is -2.08. The molecule has 0 radical (unpaired) electrons. The van der Waals surface area contributed by atoms with Gasteiger partial charge < -0.3 is 10.2 Å². The van der Waals surface area contributed by atoms with E-state index in [1.165, 1.54) is 18.2 Å². The van der Waals surface area contributed by atoms with Gasteiger partial charge >= 0.3 is 0 Å². The average molecular weight is 250 g/mol. The van der Waals surface area contributed by atoms with Crippen LogP contribution in [-0.4, -0.2) is 38.0 Å². The molecule has 4 heteroatoms. The van der Waals surface area contributed by atoms with E-state index >= 15 is 0 Å². The highest BCUT2D eigenvalue weighted by Gasteiger charge is 1.96. The Kier molecular flexibility index (Phi) is 6.08. The number of amides is 1. The molecule has 0 aliphatic carbocycles. The zero-order chi connectivity index (χ0) is 13.4. The quantitative estimate of drug-likeness (QED) is 0.618. The van der Waals surface area contributed by atoms with Gasteiger partial charge in [0, 0.05) is 12.6 Å². The van der Waals surface area contributed by atoms with Crippen molar-refractivity contribution in [2.24, 2.45) is 0 Å². The fourth-order valence-corrected chi connectivity index (χ4v) is 1.41. The van der Waals surface area contributed by atoms with Crippen molar-refractivity contribution in [3.8, 4) is 0 Å². The van der Waals surface area contributed by atoms with Gasteiger partial charge in [-0.1, -0.05) is 12.1 Å². The van der Waals surface area contributed by atoms with Crippen LogP contribution < -0.4 is 5.32 Å².